The topological polar surface area (TPSA) is 66.5 Å². The molecule has 0 fully saturated rings. The minimum atomic E-state index is -3.65. The van der Waals surface area contributed by atoms with E-state index in [2.05, 4.69) is 11.9 Å². The zero-order chi connectivity index (χ0) is 20.9. The van der Waals surface area contributed by atoms with Gasteiger partial charge in [-0.1, -0.05) is 35.9 Å². The van der Waals surface area contributed by atoms with Crippen molar-refractivity contribution >= 4 is 15.9 Å². The molecule has 150 valence electrons. The fourth-order valence-corrected chi connectivity index (χ4v) is 4.03. The van der Waals surface area contributed by atoms with Crippen molar-refractivity contribution in [3.05, 3.63) is 77.9 Å². The molecule has 0 heterocycles. The first-order valence-electron chi connectivity index (χ1n) is 9.12. The highest BCUT2D eigenvalue weighted by Gasteiger charge is 2.23. The van der Waals surface area contributed by atoms with Gasteiger partial charge < -0.3 is 5.32 Å². The predicted octanol–water partition coefficient (Wildman–Crippen LogP) is 3.90. The fraction of sp³-hybridized carbons (Fsp3) is 0.318. The second-order valence-electron chi connectivity index (χ2n) is 7.80. The van der Waals surface area contributed by atoms with Crippen molar-refractivity contribution in [2.24, 2.45) is 0 Å². The van der Waals surface area contributed by atoms with Gasteiger partial charge in [-0.2, -0.15) is 4.31 Å². The van der Waals surface area contributed by atoms with Crippen molar-refractivity contribution in [3.8, 4) is 0 Å². The molecule has 2 rings (SSSR count). The monoisotopic (exact) mass is 400 g/mol. The molecule has 0 aliphatic carbocycles. The molecule has 6 heteroatoms. The summed E-state index contributed by atoms with van der Waals surface area (Å²) in [6.07, 6.45) is 1.57. The molecule has 28 heavy (non-hydrogen) atoms. The van der Waals surface area contributed by atoms with Crippen molar-refractivity contribution in [1.29, 1.82) is 0 Å². The summed E-state index contributed by atoms with van der Waals surface area (Å²) in [5, 5.41) is 2.91. The normalized spacial score (nSPS) is 12.0. The van der Waals surface area contributed by atoms with Crippen molar-refractivity contribution in [1.82, 2.24) is 9.62 Å². The van der Waals surface area contributed by atoms with Crippen LogP contribution in [0, 0.1) is 6.92 Å². The molecule has 0 radical (unpaired) electrons. The zero-order valence-corrected chi connectivity index (χ0v) is 17.7. The number of amides is 1. The molecular formula is C22H28N2O3S. The van der Waals surface area contributed by atoms with Crippen molar-refractivity contribution in [2.75, 3.05) is 6.54 Å². The fourth-order valence-electron chi connectivity index (χ4n) is 2.63. The van der Waals surface area contributed by atoms with E-state index in [1.54, 1.807) is 54.6 Å². The molecule has 0 aromatic heterocycles. The second kappa shape index (κ2) is 8.71. The highest BCUT2D eigenvalue weighted by molar-refractivity contribution is 7.89. The number of benzene rings is 2. The highest BCUT2D eigenvalue weighted by atomic mass is 32.2. The molecule has 0 spiro atoms. The van der Waals surface area contributed by atoms with Crippen LogP contribution in [0.4, 0.5) is 0 Å². The molecule has 1 N–H and O–H groups in total. The van der Waals surface area contributed by atoms with E-state index >= 15 is 0 Å². The molecular weight excluding hydrogens is 372 g/mol. The lowest BCUT2D eigenvalue weighted by Gasteiger charge is -2.22. The summed E-state index contributed by atoms with van der Waals surface area (Å²) in [5.74, 6) is -0.158. The van der Waals surface area contributed by atoms with Crippen molar-refractivity contribution in [3.63, 3.8) is 0 Å². The standard InChI is InChI=1S/C22H28N2O3S/c1-6-15-24(28(26,27)20-13-7-17(2)8-14-20)16-18-9-11-19(12-10-18)21(25)23-22(3,4)5/h6-14H,1,15-16H2,2-5H3,(H,23,25). The number of carbonyl (C=O) groups excluding carboxylic acids is 1. The molecule has 1 amide bonds. The summed E-state index contributed by atoms with van der Waals surface area (Å²) >= 11 is 0. The average molecular weight is 401 g/mol. The van der Waals surface area contributed by atoms with E-state index in [4.69, 9.17) is 0 Å². The van der Waals surface area contributed by atoms with E-state index in [-0.39, 0.29) is 29.4 Å². The lowest BCUT2D eigenvalue weighted by atomic mass is 10.1. The van der Waals surface area contributed by atoms with Gasteiger partial charge in [0.15, 0.2) is 0 Å². The van der Waals surface area contributed by atoms with Gasteiger partial charge in [0.2, 0.25) is 10.0 Å². The smallest absolute Gasteiger partial charge is 0.251 e. The van der Waals surface area contributed by atoms with E-state index < -0.39 is 10.0 Å². The maximum Gasteiger partial charge on any atom is 0.251 e. The average Bonchev–Trinajstić information content (AvgIpc) is 2.61. The molecule has 0 unspecified atom stereocenters. The molecule has 0 saturated carbocycles. The molecule has 0 saturated heterocycles. The molecule has 5 nitrogen and oxygen atoms in total. The first-order chi connectivity index (χ1) is 13.0. The second-order valence-corrected chi connectivity index (χ2v) is 9.74. The lowest BCUT2D eigenvalue weighted by molar-refractivity contribution is 0.0919. The third-order valence-electron chi connectivity index (χ3n) is 4.06. The predicted molar refractivity (Wildman–Crippen MR) is 113 cm³/mol. The van der Waals surface area contributed by atoms with Gasteiger partial charge in [-0.15, -0.1) is 6.58 Å². The van der Waals surface area contributed by atoms with Crippen LogP contribution in [-0.4, -0.2) is 30.7 Å². The number of aryl methyl sites for hydroxylation is 1. The van der Waals surface area contributed by atoms with E-state index in [1.165, 1.54) is 4.31 Å². The Hall–Kier alpha value is -2.44. The Morgan fingerprint density at radius 3 is 2.14 bits per heavy atom. The SMILES string of the molecule is C=CCN(Cc1ccc(C(=O)NC(C)(C)C)cc1)S(=O)(=O)c1ccc(C)cc1. The third kappa shape index (κ3) is 5.78. The summed E-state index contributed by atoms with van der Waals surface area (Å²) in [5.41, 5.74) is 2.01. The summed E-state index contributed by atoms with van der Waals surface area (Å²) in [7, 11) is -3.65. The Bertz CT molecular complexity index is 925. The maximum absolute atomic E-state index is 13.0. The molecule has 0 aliphatic rings. The number of sulfonamides is 1. The van der Waals surface area contributed by atoms with E-state index in [9.17, 15) is 13.2 Å². The largest absolute Gasteiger partial charge is 0.347 e. The van der Waals surface area contributed by atoms with Gasteiger partial charge >= 0.3 is 0 Å². The van der Waals surface area contributed by atoms with Gasteiger partial charge in [0.25, 0.3) is 5.91 Å². The third-order valence-corrected chi connectivity index (χ3v) is 5.88. The van der Waals surface area contributed by atoms with Crippen LogP contribution in [0.25, 0.3) is 0 Å². The van der Waals surface area contributed by atoms with Crippen LogP contribution in [0.5, 0.6) is 0 Å². The first kappa shape index (κ1) is 21.9. The molecule has 0 bridgehead atoms. The van der Waals surface area contributed by atoms with Crippen LogP contribution in [0.15, 0.2) is 66.1 Å². The van der Waals surface area contributed by atoms with Crippen LogP contribution in [-0.2, 0) is 16.6 Å². The Labute approximate surface area is 168 Å². The van der Waals surface area contributed by atoms with Crippen LogP contribution < -0.4 is 5.32 Å². The van der Waals surface area contributed by atoms with E-state index in [0.29, 0.717) is 5.56 Å². The molecule has 2 aromatic carbocycles. The van der Waals surface area contributed by atoms with Gasteiger partial charge in [-0.25, -0.2) is 8.42 Å². The number of rotatable bonds is 7. The quantitative estimate of drug-likeness (QED) is 0.717. The van der Waals surface area contributed by atoms with Crippen LogP contribution >= 0.6 is 0 Å². The van der Waals surface area contributed by atoms with Gasteiger partial charge in [0.05, 0.1) is 4.90 Å². The molecule has 0 aliphatic heterocycles. The number of nitrogens with one attached hydrogen (secondary N) is 1. The number of hydrogen-bond donors (Lipinski definition) is 1. The first-order valence-corrected chi connectivity index (χ1v) is 10.6. The highest BCUT2D eigenvalue weighted by Crippen LogP contribution is 2.19. The molecule has 0 atom stereocenters. The Morgan fingerprint density at radius 1 is 1.07 bits per heavy atom. The van der Waals surface area contributed by atoms with Gasteiger partial charge in [-0.3, -0.25) is 4.79 Å². The lowest BCUT2D eigenvalue weighted by Crippen LogP contribution is -2.40. The van der Waals surface area contributed by atoms with Crippen molar-refractivity contribution < 1.29 is 13.2 Å². The zero-order valence-electron chi connectivity index (χ0n) is 16.9. The Balaban J connectivity index is 2.21. The van der Waals surface area contributed by atoms with Crippen LogP contribution in [0.3, 0.4) is 0 Å². The van der Waals surface area contributed by atoms with Crippen molar-refractivity contribution in [2.45, 2.75) is 44.7 Å². The summed E-state index contributed by atoms with van der Waals surface area (Å²) in [4.78, 5) is 12.5. The van der Waals surface area contributed by atoms with E-state index in [1.807, 2.05) is 27.7 Å². The maximum atomic E-state index is 13.0. The Morgan fingerprint density at radius 2 is 1.64 bits per heavy atom. The minimum Gasteiger partial charge on any atom is -0.347 e. The number of carbonyl (C=O) groups is 1. The Kier molecular flexibility index (Phi) is 6.80. The van der Waals surface area contributed by atoms with Gasteiger partial charge in [-0.05, 0) is 57.5 Å². The molecule has 2 aromatic rings. The summed E-state index contributed by atoms with van der Waals surface area (Å²) in [6, 6.07) is 13.8. The van der Waals surface area contributed by atoms with Crippen LogP contribution in [0.2, 0.25) is 0 Å². The summed E-state index contributed by atoms with van der Waals surface area (Å²) in [6.45, 7) is 11.7. The van der Waals surface area contributed by atoms with Gasteiger partial charge in [0.1, 0.15) is 0 Å². The van der Waals surface area contributed by atoms with E-state index in [0.717, 1.165) is 11.1 Å². The number of hydrogen-bond acceptors (Lipinski definition) is 3. The van der Waals surface area contributed by atoms with Gasteiger partial charge in [0, 0.05) is 24.2 Å². The minimum absolute atomic E-state index is 0.158. The number of nitrogens with zero attached hydrogens (tertiary/aromatic N) is 1. The van der Waals surface area contributed by atoms with Crippen LogP contribution in [0.1, 0.15) is 42.3 Å². The summed E-state index contributed by atoms with van der Waals surface area (Å²) < 4.78 is 27.3.